The van der Waals surface area contributed by atoms with Crippen LogP contribution < -0.4 is 9.47 Å². The van der Waals surface area contributed by atoms with Gasteiger partial charge in [0.05, 0.1) is 12.1 Å². The van der Waals surface area contributed by atoms with Gasteiger partial charge in [-0.25, -0.2) is 0 Å². The number of rotatable bonds is 6. The first-order chi connectivity index (χ1) is 12.5. The Bertz CT molecular complexity index is 855. The van der Waals surface area contributed by atoms with E-state index < -0.39 is 0 Å². The van der Waals surface area contributed by atoms with Gasteiger partial charge in [-0.2, -0.15) is 5.26 Å². The van der Waals surface area contributed by atoms with Crippen LogP contribution >= 0.6 is 11.6 Å². The molecule has 2 aromatic rings. The Hall–Kier alpha value is -2.97. The molecule has 0 fully saturated rings. The van der Waals surface area contributed by atoms with Crippen LogP contribution in [0, 0.1) is 11.3 Å². The minimum absolute atomic E-state index is 0.00562. The minimum atomic E-state index is -0.382. The van der Waals surface area contributed by atoms with Gasteiger partial charge in [-0.05, 0) is 29.3 Å². The predicted octanol–water partition coefficient (Wildman–Crippen LogP) is 3.92. The lowest BCUT2D eigenvalue weighted by atomic mass is 10.1. The Balaban J connectivity index is 2.31. The van der Waals surface area contributed by atoms with Crippen molar-refractivity contribution in [3.8, 4) is 17.6 Å². The Morgan fingerprint density at radius 2 is 1.96 bits per heavy atom. The summed E-state index contributed by atoms with van der Waals surface area (Å²) in [7, 11) is 4.67. The van der Waals surface area contributed by atoms with E-state index in [2.05, 4.69) is 0 Å². The quantitative estimate of drug-likeness (QED) is 0.571. The zero-order valence-electron chi connectivity index (χ0n) is 14.8. The van der Waals surface area contributed by atoms with Gasteiger partial charge in [0.15, 0.2) is 11.5 Å². The number of benzene rings is 2. The lowest BCUT2D eigenvalue weighted by molar-refractivity contribution is -0.124. The number of nitrogens with zero attached hydrogens (tertiary/aromatic N) is 2. The van der Waals surface area contributed by atoms with Crippen LogP contribution in [0.15, 0.2) is 48.0 Å². The number of carbonyl (C=O) groups excluding carboxylic acids is 1. The number of likely N-dealkylation sites (N-methyl/N-ethyl adjacent to an activating group) is 1. The Morgan fingerprint density at radius 3 is 2.54 bits per heavy atom. The number of hydrogen-bond donors (Lipinski definition) is 0. The van der Waals surface area contributed by atoms with Crippen LogP contribution in [0.5, 0.6) is 11.5 Å². The summed E-state index contributed by atoms with van der Waals surface area (Å²) in [6.45, 7) is 0.342. The fourth-order valence-electron chi connectivity index (χ4n) is 2.24. The summed E-state index contributed by atoms with van der Waals surface area (Å²) in [6.07, 6.45) is 1.47. The Labute approximate surface area is 158 Å². The fourth-order valence-corrected chi connectivity index (χ4v) is 2.52. The molecule has 0 aliphatic heterocycles. The molecular formula is C20H19ClN2O3. The smallest absolute Gasteiger partial charge is 0.264 e. The van der Waals surface area contributed by atoms with E-state index in [0.717, 1.165) is 5.56 Å². The van der Waals surface area contributed by atoms with Crippen molar-refractivity contribution in [1.82, 2.24) is 4.90 Å². The van der Waals surface area contributed by atoms with Crippen molar-refractivity contribution in [3.05, 3.63) is 64.2 Å². The molecule has 0 aliphatic carbocycles. The van der Waals surface area contributed by atoms with Crippen LogP contribution in [0.1, 0.15) is 11.1 Å². The molecular weight excluding hydrogens is 352 g/mol. The number of carbonyl (C=O) groups is 1. The largest absolute Gasteiger partial charge is 0.493 e. The molecule has 0 aliphatic rings. The number of nitriles is 1. The summed E-state index contributed by atoms with van der Waals surface area (Å²) in [5.74, 6) is 0.453. The summed E-state index contributed by atoms with van der Waals surface area (Å²) >= 11 is 6.34. The first-order valence-electron chi connectivity index (χ1n) is 7.84. The summed E-state index contributed by atoms with van der Waals surface area (Å²) in [4.78, 5) is 13.3. The number of hydrogen-bond acceptors (Lipinski definition) is 4. The lowest BCUT2D eigenvalue weighted by Gasteiger charge is -2.14. The topological polar surface area (TPSA) is 62.6 Å². The zero-order chi connectivity index (χ0) is 19.1. The molecule has 0 heterocycles. The third-order valence-electron chi connectivity index (χ3n) is 3.55. The highest BCUT2D eigenvalue weighted by molar-refractivity contribution is 6.32. The first kappa shape index (κ1) is 19.4. The molecule has 0 saturated heterocycles. The van der Waals surface area contributed by atoms with Crippen LogP contribution in [-0.2, 0) is 11.4 Å². The fraction of sp³-hybridized carbons (Fsp3) is 0.200. The van der Waals surface area contributed by atoms with Crippen molar-refractivity contribution in [3.63, 3.8) is 0 Å². The van der Waals surface area contributed by atoms with Gasteiger partial charge >= 0.3 is 0 Å². The van der Waals surface area contributed by atoms with Crippen molar-refractivity contribution < 1.29 is 14.3 Å². The van der Waals surface area contributed by atoms with Gasteiger partial charge in [-0.15, -0.1) is 0 Å². The molecule has 0 spiro atoms. The van der Waals surface area contributed by atoms with Crippen LogP contribution in [0.25, 0.3) is 6.08 Å². The minimum Gasteiger partial charge on any atom is -0.493 e. The van der Waals surface area contributed by atoms with Gasteiger partial charge < -0.3 is 14.4 Å². The normalized spacial score (nSPS) is 10.8. The summed E-state index contributed by atoms with van der Waals surface area (Å²) in [6, 6.07) is 14.9. The summed E-state index contributed by atoms with van der Waals surface area (Å²) in [5.41, 5.74) is 1.58. The number of halogens is 1. The molecule has 6 heteroatoms. The Morgan fingerprint density at radius 1 is 1.27 bits per heavy atom. The van der Waals surface area contributed by atoms with Crippen molar-refractivity contribution in [1.29, 1.82) is 5.26 Å². The van der Waals surface area contributed by atoms with Crippen LogP contribution in [0.2, 0.25) is 5.02 Å². The van der Waals surface area contributed by atoms with E-state index in [9.17, 15) is 10.1 Å². The maximum Gasteiger partial charge on any atom is 0.264 e. The van der Waals surface area contributed by atoms with E-state index >= 15 is 0 Å². The molecule has 2 aromatic carbocycles. The molecule has 0 saturated carbocycles. The van der Waals surface area contributed by atoms with E-state index in [-0.39, 0.29) is 11.5 Å². The van der Waals surface area contributed by atoms with Crippen LogP contribution in [-0.4, -0.2) is 32.0 Å². The molecule has 0 N–H and O–H groups in total. The summed E-state index contributed by atoms with van der Waals surface area (Å²) < 4.78 is 11.2. The summed E-state index contributed by atoms with van der Waals surface area (Å²) in [5, 5.41) is 9.55. The molecule has 0 aromatic heterocycles. The van der Waals surface area contributed by atoms with Crippen molar-refractivity contribution in [2.24, 2.45) is 0 Å². The Kier molecular flexibility index (Phi) is 6.65. The van der Waals surface area contributed by atoms with Gasteiger partial charge in [-0.3, -0.25) is 4.79 Å². The second-order valence-corrected chi connectivity index (χ2v) is 6.08. The molecule has 0 radical (unpaired) electrons. The average Bonchev–Trinajstić information content (AvgIpc) is 2.64. The number of methoxy groups -OCH3 is 1. The molecule has 0 unspecified atom stereocenters. The van der Waals surface area contributed by atoms with Crippen LogP contribution in [0.3, 0.4) is 0 Å². The number of ether oxygens (including phenoxy) is 2. The van der Waals surface area contributed by atoms with Gasteiger partial charge in [0.25, 0.3) is 5.91 Å². The first-order valence-corrected chi connectivity index (χ1v) is 8.21. The lowest BCUT2D eigenvalue weighted by Crippen LogP contribution is -2.22. The van der Waals surface area contributed by atoms with Gasteiger partial charge in [0.2, 0.25) is 0 Å². The van der Waals surface area contributed by atoms with E-state index in [1.165, 1.54) is 18.1 Å². The standard InChI is InChI=1S/C20H19ClN2O3/c1-23(2)20(24)16(12-22)9-15-10-17(21)19(18(11-15)25-3)26-13-14-7-5-4-6-8-14/h4-11H,13H2,1-3H3/b16-9-. The number of amides is 1. The van der Waals surface area contributed by atoms with Crippen LogP contribution in [0.4, 0.5) is 0 Å². The highest BCUT2D eigenvalue weighted by Gasteiger charge is 2.15. The van der Waals surface area contributed by atoms with Gasteiger partial charge in [-0.1, -0.05) is 41.9 Å². The molecule has 5 nitrogen and oxygen atoms in total. The molecule has 0 atom stereocenters. The predicted molar refractivity (Wildman–Crippen MR) is 101 cm³/mol. The second-order valence-electron chi connectivity index (χ2n) is 5.68. The maximum atomic E-state index is 12.0. The second kappa shape index (κ2) is 8.93. The third kappa shape index (κ3) is 4.78. The zero-order valence-corrected chi connectivity index (χ0v) is 15.6. The van der Waals surface area contributed by atoms with E-state index in [4.69, 9.17) is 21.1 Å². The van der Waals surface area contributed by atoms with E-state index in [1.54, 1.807) is 26.2 Å². The van der Waals surface area contributed by atoms with Gasteiger partial charge in [0.1, 0.15) is 18.2 Å². The molecule has 0 bridgehead atoms. The SMILES string of the molecule is COc1cc(/C=C(/C#N)C(=O)N(C)C)cc(Cl)c1OCc1ccccc1. The van der Waals surface area contributed by atoms with Crippen molar-refractivity contribution in [2.45, 2.75) is 6.61 Å². The molecule has 134 valence electrons. The third-order valence-corrected chi connectivity index (χ3v) is 3.83. The molecule has 2 rings (SSSR count). The monoisotopic (exact) mass is 370 g/mol. The van der Waals surface area contributed by atoms with E-state index in [1.807, 2.05) is 36.4 Å². The molecule has 1 amide bonds. The highest BCUT2D eigenvalue weighted by Crippen LogP contribution is 2.37. The van der Waals surface area contributed by atoms with E-state index in [0.29, 0.717) is 28.7 Å². The highest BCUT2D eigenvalue weighted by atomic mass is 35.5. The van der Waals surface area contributed by atoms with Crippen molar-refractivity contribution in [2.75, 3.05) is 21.2 Å². The maximum absolute atomic E-state index is 12.0. The molecule has 26 heavy (non-hydrogen) atoms. The average molecular weight is 371 g/mol. The van der Waals surface area contributed by atoms with Gasteiger partial charge in [0, 0.05) is 14.1 Å². The van der Waals surface area contributed by atoms with Crippen molar-refractivity contribution >= 4 is 23.6 Å².